The van der Waals surface area contributed by atoms with Gasteiger partial charge in [0, 0.05) is 38.2 Å². The maximum atomic E-state index is 12.9. The molecule has 3 N–H and O–H groups in total. The van der Waals surface area contributed by atoms with Crippen molar-refractivity contribution in [2.24, 2.45) is 11.1 Å². The van der Waals surface area contributed by atoms with Crippen LogP contribution in [-0.2, 0) is 16.0 Å². The van der Waals surface area contributed by atoms with E-state index in [0.29, 0.717) is 50.5 Å². The predicted molar refractivity (Wildman–Crippen MR) is 106 cm³/mol. The molecule has 0 atom stereocenters. The van der Waals surface area contributed by atoms with Crippen LogP contribution in [0.3, 0.4) is 0 Å². The molecule has 0 bridgehead atoms. The third-order valence-electron chi connectivity index (χ3n) is 5.72. The van der Waals surface area contributed by atoms with Crippen molar-refractivity contribution in [3.05, 3.63) is 53.7 Å². The molecule has 28 heavy (non-hydrogen) atoms. The summed E-state index contributed by atoms with van der Waals surface area (Å²) in [4.78, 5) is 31.0. The molecule has 1 aromatic heterocycles. The van der Waals surface area contributed by atoms with Crippen LogP contribution in [0.5, 0.6) is 0 Å². The third-order valence-corrected chi connectivity index (χ3v) is 5.72. The Hall–Kier alpha value is -2.93. The van der Waals surface area contributed by atoms with Gasteiger partial charge in [-0.2, -0.15) is 0 Å². The molecule has 0 aliphatic carbocycles. The second-order valence-electron chi connectivity index (χ2n) is 7.38. The number of para-hydroxylation sites is 1. The van der Waals surface area contributed by atoms with E-state index < -0.39 is 5.41 Å². The minimum atomic E-state index is -0.617. The molecule has 7 nitrogen and oxygen atoms in total. The average molecular weight is 380 g/mol. The maximum absolute atomic E-state index is 12.9. The van der Waals surface area contributed by atoms with Crippen molar-refractivity contribution in [1.82, 2.24) is 4.98 Å². The van der Waals surface area contributed by atoms with Crippen molar-refractivity contribution in [3.8, 4) is 0 Å². The Kier molecular flexibility index (Phi) is 5.00. The number of benzene rings is 1. The smallest absolute Gasteiger partial charge is 0.259 e. The molecule has 1 fully saturated rings. The van der Waals surface area contributed by atoms with Crippen LogP contribution in [0.2, 0.25) is 0 Å². The molecule has 0 unspecified atom stereocenters. The molecule has 0 spiro atoms. The number of nitrogens with zero attached hydrogens (tertiary/aromatic N) is 2. The Labute approximate surface area is 163 Å². The minimum Gasteiger partial charge on any atom is -0.381 e. The summed E-state index contributed by atoms with van der Waals surface area (Å²) in [7, 11) is 0. The molecular formula is C21H24N4O3. The van der Waals surface area contributed by atoms with E-state index in [1.54, 1.807) is 23.2 Å². The van der Waals surface area contributed by atoms with Crippen molar-refractivity contribution < 1.29 is 14.3 Å². The predicted octanol–water partition coefficient (Wildman–Crippen LogP) is 1.98. The number of rotatable bonds is 5. The van der Waals surface area contributed by atoms with Gasteiger partial charge >= 0.3 is 0 Å². The highest BCUT2D eigenvalue weighted by atomic mass is 16.5. The average Bonchev–Trinajstić information content (AvgIpc) is 3.17. The first-order chi connectivity index (χ1) is 13.6. The van der Waals surface area contributed by atoms with Crippen LogP contribution in [0.15, 0.2) is 42.6 Å². The number of pyridine rings is 1. The lowest BCUT2D eigenvalue weighted by Crippen LogP contribution is -2.46. The largest absolute Gasteiger partial charge is 0.381 e. The molecule has 1 saturated heterocycles. The van der Waals surface area contributed by atoms with Crippen molar-refractivity contribution in [2.45, 2.75) is 19.3 Å². The van der Waals surface area contributed by atoms with Gasteiger partial charge in [-0.15, -0.1) is 0 Å². The van der Waals surface area contributed by atoms with E-state index in [4.69, 9.17) is 10.5 Å². The second-order valence-corrected chi connectivity index (χ2v) is 7.38. The summed E-state index contributed by atoms with van der Waals surface area (Å²) in [5.74, 6) is 0.246. The number of carbonyl (C=O) groups is 2. The fourth-order valence-corrected chi connectivity index (χ4v) is 3.86. The van der Waals surface area contributed by atoms with Gasteiger partial charge in [0.2, 0.25) is 5.91 Å². The van der Waals surface area contributed by atoms with Gasteiger partial charge in [0.1, 0.15) is 5.82 Å². The quantitative estimate of drug-likeness (QED) is 0.827. The SMILES string of the molecule is NC(=O)C1(CNc2ccc(C(=O)N3CCc4ccccc43)cn2)CCOCC1. The monoisotopic (exact) mass is 380 g/mol. The number of amides is 2. The Bertz CT molecular complexity index is 875. The molecule has 2 aliphatic heterocycles. The summed E-state index contributed by atoms with van der Waals surface area (Å²) >= 11 is 0. The van der Waals surface area contributed by atoms with E-state index in [9.17, 15) is 9.59 Å². The molecule has 2 aromatic rings. The minimum absolute atomic E-state index is 0.0537. The van der Waals surface area contributed by atoms with Gasteiger partial charge in [0.05, 0.1) is 11.0 Å². The fraction of sp³-hybridized carbons (Fsp3) is 0.381. The van der Waals surface area contributed by atoms with Gasteiger partial charge in [-0.05, 0) is 43.0 Å². The summed E-state index contributed by atoms with van der Waals surface area (Å²) in [6.45, 7) is 2.15. The highest BCUT2D eigenvalue weighted by Crippen LogP contribution is 2.31. The van der Waals surface area contributed by atoms with Gasteiger partial charge in [0.15, 0.2) is 0 Å². The van der Waals surface area contributed by atoms with Gasteiger partial charge in [-0.1, -0.05) is 18.2 Å². The highest BCUT2D eigenvalue weighted by molar-refractivity contribution is 6.07. The molecular weight excluding hydrogens is 356 g/mol. The number of carbonyl (C=O) groups excluding carboxylic acids is 2. The molecule has 4 rings (SSSR count). The van der Waals surface area contributed by atoms with E-state index in [2.05, 4.69) is 16.4 Å². The zero-order chi connectivity index (χ0) is 19.6. The molecule has 2 aliphatic rings. The Morgan fingerprint density at radius 1 is 1.18 bits per heavy atom. The maximum Gasteiger partial charge on any atom is 0.259 e. The van der Waals surface area contributed by atoms with E-state index in [-0.39, 0.29) is 11.8 Å². The topological polar surface area (TPSA) is 97.5 Å². The summed E-state index contributed by atoms with van der Waals surface area (Å²) in [5.41, 5.74) is 7.72. The molecule has 0 saturated carbocycles. The first-order valence-corrected chi connectivity index (χ1v) is 9.56. The Morgan fingerprint density at radius 3 is 2.68 bits per heavy atom. The first kappa shape index (κ1) is 18.4. The molecule has 3 heterocycles. The van der Waals surface area contributed by atoms with Gasteiger partial charge in [-0.3, -0.25) is 9.59 Å². The van der Waals surface area contributed by atoms with Gasteiger partial charge < -0.3 is 20.7 Å². The summed E-state index contributed by atoms with van der Waals surface area (Å²) in [6, 6.07) is 11.5. The highest BCUT2D eigenvalue weighted by Gasteiger charge is 2.38. The molecule has 2 amide bonds. The van der Waals surface area contributed by atoms with Crippen molar-refractivity contribution in [1.29, 1.82) is 0 Å². The number of hydrogen-bond donors (Lipinski definition) is 2. The lowest BCUT2D eigenvalue weighted by molar-refractivity contribution is -0.132. The van der Waals surface area contributed by atoms with Crippen molar-refractivity contribution >= 4 is 23.3 Å². The zero-order valence-corrected chi connectivity index (χ0v) is 15.7. The van der Waals surface area contributed by atoms with Crippen LogP contribution < -0.4 is 16.0 Å². The number of primary amides is 1. The number of nitrogens with one attached hydrogen (secondary N) is 1. The van der Waals surface area contributed by atoms with Crippen molar-refractivity contribution in [2.75, 3.05) is 36.5 Å². The van der Waals surface area contributed by atoms with Crippen LogP contribution in [0, 0.1) is 5.41 Å². The van der Waals surface area contributed by atoms with E-state index in [1.807, 2.05) is 18.2 Å². The number of ether oxygens (including phenoxy) is 1. The van der Waals surface area contributed by atoms with Crippen LogP contribution in [-0.4, -0.2) is 43.1 Å². The lowest BCUT2D eigenvalue weighted by Gasteiger charge is -2.34. The summed E-state index contributed by atoms with van der Waals surface area (Å²) in [5, 5.41) is 3.20. The van der Waals surface area contributed by atoms with E-state index >= 15 is 0 Å². The van der Waals surface area contributed by atoms with Crippen LogP contribution >= 0.6 is 0 Å². The van der Waals surface area contributed by atoms with Gasteiger partial charge in [0.25, 0.3) is 5.91 Å². The van der Waals surface area contributed by atoms with Gasteiger partial charge in [-0.25, -0.2) is 4.98 Å². The zero-order valence-electron chi connectivity index (χ0n) is 15.7. The normalized spacial score (nSPS) is 17.8. The number of aromatic nitrogens is 1. The number of fused-ring (bicyclic) bond motifs is 1. The van der Waals surface area contributed by atoms with Crippen LogP contribution in [0.1, 0.15) is 28.8 Å². The van der Waals surface area contributed by atoms with Crippen LogP contribution in [0.4, 0.5) is 11.5 Å². The fourth-order valence-electron chi connectivity index (χ4n) is 3.86. The van der Waals surface area contributed by atoms with Crippen molar-refractivity contribution in [3.63, 3.8) is 0 Å². The van der Waals surface area contributed by atoms with E-state index in [0.717, 1.165) is 12.1 Å². The molecule has 7 heteroatoms. The Balaban J connectivity index is 1.43. The Morgan fingerprint density at radius 2 is 1.96 bits per heavy atom. The molecule has 0 radical (unpaired) electrons. The number of hydrogen-bond acceptors (Lipinski definition) is 5. The molecule has 146 valence electrons. The second kappa shape index (κ2) is 7.59. The van der Waals surface area contributed by atoms with E-state index in [1.165, 1.54) is 5.56 Å². The number of anilines is 2. The van der Waals surface area contributed by atoms with Crippen LogP contribution in [0.25, 0.3) is 0 Å². The standard InChI is InChI=1S/C21H24N4O3/c22-20(27)21(8-11-28-12-9-21)14-24-18-6-5-16(13-23-18)19(26)25-10-7-15-3-1-2-4-17(15)25/h1-6,13H,7-12,14H2,(H2,22,27)(H,23,24). The summed E-state index contributed by atoms with van der Waals surface area (Å²) < 4.78 is 5.35. The third kappa shape index (κ3) is 3.45. The molecule has 1 aromatic carbocycles. The number of nitrogens with two attached hydrogens (primary N) is 1. The first-order valence-electron chi connectivity index (χ1n) is 9.56. The summed E-state index contributed by atoms with van der Waals surface area (Å²) in [6.07, 6.45) is 3.64. The lowest BCUT2D eigenvalue weighted by atomic mass is 9.79.